The topological polar surface area (TPSA) is 24.9 Å². The third-order valence-electron chi connectivity index (χ3n) is 2.75. The van der Waals surface area contributed by atoms with Gasteiger partial charge < -0.3 is 5.32 Å². The van der Waals surface area contributed by atoms with Crippen molar-refractivity contribution in [1.82, 2.24) is 10.3 Å². The lowest BCUT2D eigenvalue weighted by atomic mass is 10.2. The van der Waals surface area contributed by atoms with Gasteiger partial charge in [0.05, 0.1) is 5.02 Å². The maximum atomic E-state index is 6.09. The summed E-state index contributed by atoms with van der Waals surface area (Å²) in [6.07, 6.45) is 3.47. The van der Waals surface area contributed by atoms with Crippen molar-refractivity contribution in [2.75, 3.05) is 6.54 Å². The van der Waals surface area contributed by atoms with Gasteiger partial charge in [0.1, 0.15) is 0 Å². The van der Waals surface area contributed by atoms with Crippen molar-refractivity contribution < 1.29 is 0 Å². The third-order valence-corrected chi connectivity index (χ3v) is 4.15. The number of hydrogen-bond donors (Lipinski definition) is 1. The maximum absolute atomic E-state index is 6.09. The minimum atomic E-state index is 0.735. The Morgan fingerprint density at radius 1 is 1.21 bits per heavy atom. The molecule has 0 unspecified atom stereocenters. The number of halogens is 1. The Bertz CT molecular complexity index is 514. The van der Waals surface area contributed by atoms with Gasteiger partial charge in [-0.2, -0.15) is 0 Å². The number of pyridine rings is 1. The first-order chi connectivity index (χ1) is 9.29. The van der Waals surface area contributed by atoms with Crippen molar-refractivity contribution in [3.8, 4) is 0 Å². The van der Waals surface area contributed by atoms with E-state index in [-0.39, 0.29) is 0 Å². The lowest BCUT2D eigenvalue weighted by Crippen LogP contribution is -2.11. The van der Waals surface area contributed by atoms with Gasteiger partial charge in [0.15, 0.2) is 0 Å². The van der Waals surface area contributed by atoms with E-state index in [1.54, 1.807) is 24.2 Å². The Hall–Kier alpha value is -1.03. The molecule has 0 fully saturated rings. The fourth-order valence-corrected chi connectivity index (χ4v) is 2.82. The second-order valence-corrected chi connectivity index (χ2v) is 5.64. The molecule has 0 aliphatic carbocycles. The molecule has 0 atom stereocenters. The van der Waals surface area contributed by atoms with Gasteiger partial charge in [-0.1, -0.05) is 30.7 Å². The summed E-state index contributed by atoms with van der Waals surface area (Å²) in [5.74, 6) is 0.869. The van der Waals surface area contributed by atoms with Crippen molar-refractivity contribution in [3.63, 3.8) is 0 Å². The second-order valence-electron chi connectivity index (χ2n) is 4.18. The van der Waals surface area contributed by atoms with Crippen LogP contribution in [0.1, 0.15) is 18.1 Å². The summed E-state index contributed by atoms with van der Waals surface area (Å²) in [6.45, 7) is 4.04. The Morgan fingerprint density at radius 3 is 2.68 bits per heavy atom. The molecule has 0 saturated heterocycles. The zero-order chi connectivity index (χ0) is 13.5. The minimum absolute atomic E-state index is 0.735. The Labute approximate surface area is 123 Å². The monoisotopic (exact) mass is 292 g/mol. The number of thioether (sulfide) groups is 1. The van der Waals surface area contributed by atoms with Gasteiger partial charge in [-0.25, -0.2) is 0 Å². The van der Waals surface area contributed by atoms with E-state index in [2.05, 4.69) is 41.5 Å². The zero-order valence-electron chi connectivity index (χ0n) is 10.9. The van der Waals surface area contributed by atoms with E-state index in [1.165, 1.54) is 10.5 Å². The predicted octanol–water partition coefficient (Wildman–Crippen LogP) is 4.14. The van der Waals surface area contributed by atoms with Crippen molar-refractivity contribution in [3.05, 3.63) is 58.9 Å². The number of benzene rings is 1. The van der Waals surface area contributed by atoms with Crippen LogP contribution >= 0.6 is 23.4 Å². The molecule has 100 valence electrons. The van der Waals surface area contributed by atoms with E-state index in [1.807, 2.05) is 6.07 Å². The van der Waals surface area contributed by atoms with Crippen LogP contribution in [-0.2, 0) is 12.3 Å². The van der Waals surface area contributed by atoms with Crippen LogP contribution in [0.4, 0.5) is 0 Å². The highest BCUT2D eigenvalue weighted by atomic mass is 35.5. The van der Waals surface area contributed by atoms with Crippen LogP contribution < -0.4 is 5.32 Å². The van der Waals surface area contributed by atoms with Crippen LogP contribution in [0.2, 0.25) is 5.02 Å². The van der Waals surface area contributed by atoms with Crippen molar-refractivity contribution >= 4 is 23.4 Å². The van der Waals surface area contributed by atoms with Gasteiger partial charge >= 0.3 is 0 Å². The van der Waals surface area contributed by atoms with Crippen molar-refractivity contribution in [1.29, 1.82) is 0 Å². The van der Waals surface area contributed by atoms with Gasteiger partial charge in [-0.3, -0.25) is 4.98 Å². The summed E-state index contributed by atoms with van der Waals surface area (Å²) in [6, 6.07) is 10.6. The molecule has 0 saturated carbocycles. The third kappa shape index (κ3) is 4.53. The number of nitrogens with zero attached hydrogens (tertiary/aromatic N) is 1. The molecule has 0 bridgehead atoms. The molecule has 0 amide bonds. The van der Waals surface area contributed by atoms with Crippen molar-refractivity contribution in [2.45, 2.75) is 24.1 Å². The van der Waals surface area contributed by atoms with E-state index in [4.69, 9.17) is 11.6 Å². The van der Waals surface area contributed by atoms with E-state index >= 15 is 0 Å². The van der Waals surface area contributed by atoms with Crippen LogP contribution in [0.15, 0.2) is 47.6 Å². The number of aromatic nitrogens is 1. The first kappa shape index (κ1) is 14.4. The average Bonchev–Trinajstić information content (AvgIpc) is 2.45. The molecule has 0 spiro atoms. The molecular weight excluding hydrogens is 276 g/mol. The summed E-state index contributed by atoms with van der Waals surface area (Å²) < 4.78 is 0. The molecule has 2 nitrogen and oxygen atoms in total. The quantitative estimate of drug-likeness (QED) is 0.810. The molecule has 19 heavy (non-hydrogen) atoms. The fraction of sp³-hybridized carbons (Fsp3) is 0.267. The molecule has 2 aromatic rings. The van der Waals surface area contributed by atoms with Crippen LogP contribution in [0.5, 0.6) is 0 Å². The SMILES string of the molecule is CCNCc1ccc(SCc2ccncc2Cl)cc1. The summed E-state index contributed by atoms with van der Waals surface area (Å²) in [4.78, 5) is 5.25. The number of rotatable bonds is 6. The molecule has 4 heteroatoms. The average molecular weight is 293 g/mol. The number of nitrogens with one attached hydrogen (secondary N) is 1. The molecule has 0 aliphatic heterocycles. The van der Waals surface area contributed by atoms with Crippen LogP contribution in [0, 0.1) is 0 Å². The molecule has 1 N–H and O–H groups in total. The van der Waals surface area contributed by atoms with E-state index < -0.39 is 0 Å². The summed E-state index contributed by atoms with van der Waals surface area (Å²) in [5, 5.41) is 4.05. The van der Waals surface area contributed by atoms with Crippen LogP contribution in [0.25, 0.3) is 0 Å². The highest BCUT2D eigenvalue weighted by molar-refractivity contribution is 7.98. The van der Waals surface area contributed by atoms with Crippen LogP contribution in [-0.4, -0.2) is 11.5 Å². The second kappa shape index (κ2) is 7.53. The molecule has 1 heterocycles. The Balaban J connectivity index is 1.91. The van der Waals surface area contributed by atoms with Gasteiger partial charge in [-0.05, 0) is 35.9 Å². The summed E-state index contributed by atoms with van der Waals surface area (Å²) in [5.41, 5.74) is 2.44. The Morgan fingerprint density at radius 2 is 2.00 bits per heavy atom. The number of hydrogen-bond acceptors (Lipinski definition) is 3. The lowest BCUT2D eigenvalue weighted by molar-refractivity contribution is 0.726. The molecule has 2 rings (SSSR count). The van der Waals surface area contributed by atoms with E-state index in [9.17, 15) is 0 Å². The minimum Gasteiger partial charge on any atom is -0.313 e. The Kier molecular flexibility index (Phi) is 5.70. The smallest absolute Gasteiger partial charge is 0.0629 e. The van der Waals surface area contributed by atoms with Gasteiger partial charge in [-0.15, -0.1) is 11.8 Å². The van der Waals surface area contributed by atoms with Crippen LogP contribution in [0.3, 0.4) is 0 Å². The molecule has 0 radical (unpaired) electrons. The predicted molar refractivity (Wildman–Crippen MR) is 82.6 cm³/mol. The standard InChI is InChI=1S/C15H17ClN2S/c1-2-17-9-12-3-5-14(6-4-12)19-11-13-7-8-18-10-15(13)16/h3-8,10,17H,2,9,11H2,1H3. The first-order valence-corrected chi connectivity index (χ1v) is 7.67. The summed E-state index contributed by atoms with van der Waals surface area (Å²) in [7, 11) is 0. The van der Waals surface area contributed by atoms with Crippen molar-refractivity contribution in [2.24, 2.45) is 0 Å². The molecule has 1 aromatic heterocycles. The summed E-state index contributed by atoms with van der Waals surface area (Å²) >= 11 is 7.88. The normalized spacial score (nSPS) is 10.6. The lowest BCUT2D eigenvalue weighted by Gasteiger charge is -2.06. The highest BCUT2D eigenvalue weighted by Gasteiger charge is 2.01. The van der Waals surface area contributed by atoms with E-state index in [0.717, 1.165) is 29.4 Å². The first-order valence-electron chi connectivity index (χ1n) is 6.30. The largest absolute Gasteiger partial charge is 0.313 e. The maximum Gasteiger partial charge on any atom is 0.0629 e. The highest BCUT2D eigenvalue weighted by Crippen LogP contribution is 2.26. The van der Waals surface area contributed by atoms with Gasteiger partial charge in [0.25, 0.3) is 0 Å². The fourth-order valence-electron chi connectivity index (χ4n) is 1.66. The van der Waals surface area contributed by atoms with E-state index in [0.29, 0.717) is 0 Å². The van der Waals surface area contributed by atoms with Gasteiger partial charge in [0, 0.05) is 29.6 Å². The molecule has 0 aliphatic rings. The van der Waals surface area contributed by atoms with Gasteiger partial charge in [0.2, 0.25) is 0 Å². The molecule has 1 aromatic carbocycles. The molecular formula is C15H17ClN2S. The zero-order valence-corrected chi connectivity index (χ0v) is 12.5.